The van der Waals surface area contributed by atoms with Gasteiger partial charge in [-0.2, -0.15) is 0 Å². The molecule has 3 aromatic rings. The molecule has 3 aromatic carbocycles. The maximum atomic E-state index is 13.0. The molecule has 5 heteroatoms. The number of hydrogen-bond donors (Lipinski definition) is 1. The number of nitrogens with zero attached hydrogens (tertiary/aromatic N) is 1. The van der Waals surface area contributed by atoms with Gasteiger partial charge in [0.15, 0.2) is 0 Å². The van der Waals surface area contributed by atoms with Crippen molar-refractivity contribution in [2.75, 3.05) is 11.6 Å². The molecule has 1 atom stereocenters. The molecule has 3 rings (SSSR count). The van der Waals surface area contributed by atoms with Gasteiger partial charge in [-0.15, -0.1) is 11.8 Å². The summed E-state index contributed by atoms with van der Waals surface area (Å²) < 4.78 is 5.96. The van der Waals surface area contributed by atoms with Gasteiger partial charge in [0.2, 0.25) is 0 Å². The fraction of sp³-hybridized carbons (Fsp3) is 0.269. The maximum absolute atomic E-state index is 13.0. The van der Waals surface area contributed by atoms with Crippen LogP contribution in [0.5, 0.6) is 5.75 Å². The van der Waals surface area contributed by atoms with E-state index in [4.69, 9.17) is 4.74 Å². The SMILES string of the molecule is CCC(C)N(Cc1cccc(OCc2ccccc2)c1)C(=O)Nc1ccc(SC)cc1. The van der Waals surface area contributed by atoms with Crippen LogP contribution < -0.4 is 10.1 Å². The molecule has 31 heavy (non-hydrogen) atoms. The second-order valence-corrected chi connectivity index (χ2v) is 8.35. The first-order valence-corrected chi connectivity index (χ1v) is 11.8. The van der Waals surface area contributed by atoms with E-state index in [2.05, 4.69) is 19.2 Å². The second-order valence-electron chi connectivity index (χ2n) is 7.47. The van der Waals surface area contributed by atoms with Crippen LogP contribution >= 0.6 is 11.8 Å². The number of carbonyl (C=O) groups is 1. The number of rotatable bonds is 9. The van der Waals surface area contributed by atoms with E-state index in [0.29, 0.717) is 13.2 Å². The highest BCUT2D eigenvalue weighted by molar-refractivity contribution is 7.98. The molecule has 0 fully saturated rings. The van der Waals surface area contributed by atoms with Crippen molar-refractivity contribution in [3.05, 3.63) is 90.0 Å². The third-order valence-corrected chi connectivity index (χ3v) is 5.97. The molecular weight excluding hydrogens is 404 g/mol. The van der Waals surface area contributed by atoms with Crippen molar-refractivity contribution in [1.82, 2.24) is 4.90 Å². The van der Waals surface area contributed by atoms with Crippen molar-refractivity contribution in [2.45, 2.75) is 44.4 Å². The first-order valence-electron chi connectivity index (χ1n) is 10.6. The van der Waals surface area contributed by atoms with E-state index in [-0.39, 0.29) is 12.1 Å². The molecule has 1 N–H and O–H groups in total. The van der Waals surface area contributed by atoms with Gasteiger partial charge in [0.1, 0.15) is 12.4 Å². The van der Waals surface area contributed by atoms with Crippen molar-refractivity contribution in [1.29, 1.82) is 0 Å². The molecule has 162 valence electrons. The molecule has 0 bridgehead atoms. The van der Waals surface area contributed by atoms with Crippen LogP contribution in [0.15, 0.2) is 83.8 Å². The Hall–Kier alpha value is -2.92. The van der Waals surface area contributed by atoms with E-state index in [0.717, 1.165) is 29.0 Å². The van der Waals surface area contributed by atoms with Gasteiger partial charge in [0, 0.05) is 23.2 Å². The highest BCUT2D eigenvalue weighted by Gasteiger charge is 2.19. The predicted octanol–water partition coefficient (Wildman–Crippen LogP) is 6.82. The van der Waals surface area contributed by atoms with E-state index in [9.17, 15) is 4.79 Å². The van der Waals surface area contributed by atoms with Crippen molar-refractivity contribution in [3.63, 3.8) is 0 Å². The lowest BCUT2D eigenvalue weighted by Crippen LogP contribution is -2.40. The second kappa shape index (κ2) is 11.5. The van der Waals surface area contributed by atoms with Gasteiger partial charge in [-0.25, -0.2) is 4.79 Å². The summed E-state index contributed by atoms with van der Waals surface area (Å²) in [5, 5.41) is 3.04. The van der Waals surface area contributed by atoms with Crippen LogP contribution in [0, 0.1) is 0 Å². The lowest BCUT2D eigenvalue weighted by molar-refractivity contribution is 0.187. The number of amides is 2. The van der Waals surface area contributed by atoms with Gasteiger partial charge in [-0.1, -0.05) is 49.4 Å². The van der Waals surface area contributed by atoms with E-state index in [1.807, 2.05) is 90.0 Å². The van der Waals surface area contributed by atoms with Crippen molar-refractivity contribution in [2.24, 2.45) is 0 Å². The van der Waals surface area contributed by atoms with Crippen LogP contribution in [0.2, 0.25) is 0 Å². The number of nitrogens with one attached hydrogen (secondary N) is 1. The van der Waals surface area contributed by atoms with Crippen molar-refractivity contribution in [3.8, 4) is 5.75 Å². The van der Waals surface area contributed by atoms with E-state index in [1.54, 1.807) is 11.8 Å². The first-order chi connectivity index (χ1) is 15.1. The van der Waals surface area contributed by atoms with Gasteiger partial charge in [0.05, 0.1) is 0 Å². The summed E-state index contributed by atoms with van der Waals surface area (Å²) in [6.45, 7) is 5.21. The Kier molecular flexibility index (Phi) is 8.42. The van der Waals surface area contributed by atoms with E-state index in [1.165, 1.54) is 4.90 Å². The van der Waals surface area contributed by atoms with E-state index < -0.39 is 0 Å². The number of benzene rings is 3. The predicted molar refractivity (Wildman–Crippen MR) is 130 cm³/mol. The van der Waals surface area contributed by atoms with Crippen LogP contribution in [0.1, 0.15) is 31.4 Å². The summed E-state index contributed by atoms with van der Waals surface area (Å²) in [7, 11) is 0. The lowest BCUT2D eigenvalue weighted by atomic mass is 10.1. The van der Waals surface area contributed by atoms with Crippen molar-refractivity contribution >= 4 is 23.5 Å². The van der Waals surface area contributed by atoms with Crippen LogP contribution in [0.25, 0.3) is 0 Å². The number of hydrogen-bond acceptors (Lipinski definition) is 3. The highest BCUT2D eigenvalue weighted by Crippen LogP contribution is 2.21. The third-order valence-electron chi connectivity index (χ3n) is 5.22. The first kappa shape index (κ1) is 22.8. The molecule has 0 saturated carbocycles. The highest BCUT2D eigenvalue weighted by atomic mass is 32.2. The molecular formula is C26H30N2O2S. The smallest absolute Gasteiger partial charge is 0.322 e. The average molecular weight is 435 g/mol. The lowest BCUT2D eigenvalue weighted by Gasteiger charge is -2.29. The quantitative estimate of drug-likeness (QED) is 0.376. The molecule has 0 radical (unpaired) electrons. The Morgan fingerprint density at radius 3 is 2.39 bits per heavy atom. The van der Waals surface area contributed by atoms with Gasteiger partial charge < -0.3 is 15.0 Å². The monoisotopic (exact) mass is 434 g/mol. The van der Waals surface area contributed by atoms with Gasteiger partial charge in [-0.3, -0.25) is 0 Å². The van der Waals surface area contributed by atoms with Gasteiger partial charge in [-0.05, 0) is 67.1 Å². The van der Waals surface area contributed by atoms with Gasteiger partial charge in [0.25, 0.3) is 0 Å². The van der Waals surface area contributed by atoms with E-state index >= 15 is 0 Å². The summed E-state index contributed by atoms with van der Waals surface area (Å²) in [4.78, 5) is 16.1. The zero-order chi connectivity index (χ0) is 22.1. The topological polar surface area (TPSA) is 41.6 Å². The normalized spacial score (nSPS) is 11.6. The van der Waals surface area contributed by atoms with Crippen LogP contribution in [-0.2, 0) is 13.2 Å². The Morgan fingerprint density at radius 1 is 1.00 bits per heavy atom. The number of carbonyl (C=O) groups excluding carboxylic acids is 1. The molecule has 0 aliphatic carbocycles. The fourth-order valence-electron chi connectivity index (χ4n) is 3.19. The van der Waals surface area contributed by atoms with Crippen LogP contribution in [0.4, 0.5) is 10.5 Å². The molecule has 0 aliphatic heterocycles. The number of urea groups is 1. The summed E-state index contributed by atoms with van der Waals surface area (Å²) in [6.07, 6.45) is 2.92. The minimum atomic E-state index is -0.0955. The Labute approximate surface area is 189 Å². The van der Waals surface area contributed by atoms with Crippen LogP contribution in [0.3, 0.4) is 0 Å². The molecule has 1 unspecified atom stereocenters. The number of thioether (sulfide) groups is 1. The molecule has 0 saturated heterocycles. The third kappa shape index (κ3) is 6.79. The molecule has 0 aromatic heterocycles. The zero-order valence-corrected chi connectivity index (χ0v) is 19.2. The summed E-state index contributed by atoms with van der Waals surface area (Å²) >= 11 is 1.68. The Balaban J connectivity index is 1.67. The average Bonchev–Trinajstić information content (AvgIpc) is 2.82. The number of ether oxygens (including phenoxy) is 1. The minimum absolute atomic E-state index is 0.0955. The summed E-state index contributed by atoms with van der Waals surface area (Å²) in [6, 6.07) is 26.0. The standard InChI is InChI=1S/C26H30N2O2S/c1-4-20(2)28(26(29)27-23-13-15-25(31-3)16-14-23)18-22-11-8-12-24(17-22)30-19-21-9-6-5-7-10-21/h5-17,20H,4,18-19H2,1-3H3,(H,27,29). The van der Waals surface area contributed by atoms with Crippen LogP contribution in [-0.4, -0.2) is 23.2 Å². The van der Waals surface area contributed by atoms with Crippen molar-refractivity contribution < 1.29 is 9.53 Å². The Bertz CT molecular complexity index is 961. The van der Waals surface area contributed by atoms with Gasteiger partial charge >= 0.3 is 6.03 Å². The largest absolute Gasteiger partial charge is 0.489 e. The molecule has 0 aliphatic rings. The summed E-state index contributed by atoms with van der Waals surface area (Å²) in [5.41, 5.74) is 2.97. The zero-order valence-electron chi connectivity index (χ0n) is 18.4. The molecule has 4 nitrogen and oxygen atoms in total. The molecule has 0 spiro atoms. The number of anilines is 1. The summed E-state index contributed by atoms with van der Waals surface area (Å²) in [5.74, 6) is 0.804. The minimum Gasteiger partial charge on any atom is -0.489 e. The Morgan fingerprint density at radius 2 is 1.71 bits per heavy atom. The maximum Gasteiger partial charge on any atom is 0.322 e. The molecule has 0 heterocycles. The molecule has 2 amide bonds. The fourth-order valence-corrected chi connectivity index (χ4v) is 3.60.